The molecule has 144 valence electrons. The molecule has 2 rings (SSSR count). The maximum atomic E-state index is 12.3. The zero-order valence-electron chi connectivity index (χ0n) is 15.0. The highest BCUT2D eigenvalue weighted by Crippen LogP contribution is 2.23. The summed E-state index contributed by atoms with van der Waals surface area (Å²) >= 11 is 5.98. The zero-order valence-corrected chi connectivity index (χ0v) is 16.6. The molecule has 1 saturated heterocycles. The molecule has 1 N–H and O–H groups in total. The van der Waals surface area contributed by atoms with Crippen LogP contribution in [0.1, 0.15) is 30.6 Å². The lowest BCUT2D eigenvalue weighted by Crippen LogP contribution is -2.44. The van der Waals surface area contributed by atoms with Crippen molar-refractivity contribution in [1.29, 1.82) is 0 Å². The number of ether oxygens (including phenoxy) is 1. The van der Waals surface area contributed by atoms with E-state index in [4.69, 9.17) is 16.3 Å². The molecule has 1 aliphatic heterocycles. The SMILES string of the molecule is CNS(=O)(=O)c1ccc(Cl)c(C(=O)OCC(=O)N2C[C@@H](C)C[C@H](C)C2)c1. The first-order chi connectivity index (χ1) is 12.1. The van der Waals surface area contributed by atoms with Crippen LogP contribution in [0.25, 0.3) is 0 Å². The fourth-order valence-electron chi connectivity index (χ4n) is 3.11. The molecule has 0 aromatic heterocycles. The Morgan fingerprint density at radius 2 is 1.88 bits per heavy atom. The molecule has 0 radical (unpaired) electrons. The summed E-state index contributed by atoms with van der Waals surface area (Å²) in [4.78, 5) is 26.1. The van der Waals surface area contributed by atoms with Crippen molar-refractivity contribution in [3.8, 4) is 0 Å². The number of amides is 1. The van der Waals surface area contributed by atoms with E-state index in [-0.39, 0.29) is 21.4 Å². The number of hydrogen-bond acceptors (Lipinski definition) is 5. The number of hydrogen-bond donors (Lipinski definition) is 1. The number of nitrogens with one attached hydrogen (secondary N) is 1. The maximum absolute atomic E-state index is 12.3. The molecule has 1 amide bonds. The number of piperidine rings is 1. The molecule has 0 aliphatic carbocycles. The lowest BCUT2D eigenvalue weighted by atomic mass is 9.92. The second-order valence-electron chi connectivity index (χ2n) is 6.67. The number of esters is 1. The highest BCUT2D eigenvalue weighted by molar-refractivity contribution is 7.89. The fraction of sp³-hybridized carbons (Fsp3) is 0.529. The average Bonchev–Trinajstić information content (AvgIpc) is 2.58. The van der Waals surface area contributed by atoms with Gasteiger partial charge in [0.05, 0.1) is 15.5 Å². The number of rotatable bonds is 5. The van der Waals surface area contributed by atoms with Crippen molar-refractivity contribution in [3.05, 3.63) is 28.8 Å². The van der Waals surface area contributed by atoms with Crippen molar-refractivity contribution >= 4 is 33.5 Å². The molecule has 0 unspecified atom stereocenters. The van der Waals surface area contributed by atoms with E-state index in [0.29, 0.717) is 24.9 Å². The van der Waals surface area contributed by atoms with Gasteiger partial charge in [-0.3, -0.25) is 4.79 Å². The number of likely N-dealkylation sites (tertiary alicyclic amines) is 1. The van der Waals surface area contributed by atoms with Gasteiger partial charge in [-0.05, 0) is 43.5 Å². The summed E-state index contributed by atoms with van der Waals surface area (Å²) in [6, 6.07) is 3.72. The first-order valence-electron chi connectivity index (χ1n) is 8.32. The number of carbonyl (C=O) groups is 2. The average molecular weight is 403 g/mol. The second kappa shape index (κ2) is 8.37. The molecule has 0 bridgehead atoms. The Labute approximate surface area is 158 Å². The van der Waals surface area contributed by atoms with Gasteiger partial charge in [-0.25, -0.2) is 17.9 Å². The summed E-state index contributed by atoms with van der Waals surface area (Å²) in [5.41, 5.74) is -0.101. The van der Waals surface area contributed by atoms with E-state index < -0.39 is 22.6 Å². The molecule has 0 saturated carbocycles. The normalized spacial score (nSPS) is 20.7. The second-order valence-corrected chi connectivity index (χ2v) is 8.96. The van der Waals surface area contributed by atoms with Gasteiger partial charge < -0.3 is 9.64 Å². The van der Waals surface area contributed by atoms with E-state index in [1.807, 2.05) is 0 Å². The van der Waals surface area contributed by atoms with E-state index >= 15 is 0 Å². The van der Waals surface area contributed by atoms with Gasteiger partial charge in [0, 0.05) is 13.1 Å². The van der Waals surface area contributed by atoms with Gasteiger partial charge in [0.1, 0.15) is 0 Å². The van der Waals surface area contributed by atoms with Gasteiger partial charge in [-0.2, -0.15) is 0 Å². The molecule has 0 spiro atoms. The minimum absolute atomic E-state index is 0.0534. The minimum atomic E-state index is -3.72. The molecule has 26 heavy (non-hydrogen) atoms. The molecular weight excluding hydrogens is 380 g/mol. The third-order valence-corrected chi connectivity index (χ3v) is 6.03. The third kappa shape index (κ3) is 4.96. The topological polar surface area (TPSA) is 92.8 Å². The summed E-state index contributed by atoms with van der Waals surface area (Å²) in [6.07, 6.45) is 1.06. The fourth-order valence-corrected chi connectivity index (χ4v) is 4.06. The summed E-state index contributed by atoms with van der Waals surface area (Å²) in [5, 5.41) is 0.0534. The molecular formula is C17H23ClN2O5S. The van der Waals surface area contributed by atoms with Crippen LogP contribution in [-0.4, -0.2) is 51.9 Å². The van der Waals surface area contributed by atoms with E-state index in [1.54, 1.807) is 4.90 Å². The summed E-state index contributed by atoms with van der Waals surface area (Å²) < 4.78 is 30.9. The van der Waals surface area contributed by atoms with Crippen molar-refractivity contribution in [2.24, 2.45) is 11.8 Å². The minimum Gasteiger partial charge on any atom is -0.452 e. The Morgan fingerprint density at radius 1 is 1.27 bits per heavy atom. The highest BCUT2D eigenvalue weighted by atomic mass is 35.5. The number of benzene rings is 1. The first kappa shape index (κ1) is 20.7. The van der Waals surface area contributed by atoms with Crippen molar-refractivity contribution in [1.82, 2.24) is 9.62 Å². The van der Waals surface area contributed by atoms with Crippen LogP contribution in [0.3, 0.4) is 0 Å². The van der Waals surface area contributed by atoms with Crippen LogP contribution in [-0.2, 0) is 19.6 Å². The van der Waals surface area contributed by atoms with Crippen molar-refractivity contribution in [2.45, 2.75) is 25.2 Å². The van der Waals surface area contributed by atoms with Gasteiger partial charge in [0.15, 0.2) is 6.61 Å². The molecule has 1 heterocycles. The number of nitrogens with zero attached hydrogens (tertiary/aromatic N) is 1. The lowest BCUT2D eigenvalue weighted by Gasteiger charge is -2.34. The monoisotopic (exact) mass is 402 g/mol. The van der Waals surface area contributed by atoms with E-state index in [2.05, 4.69) is 18.6 Å². The quantitative estimate of drug-likeness (QED) is 0.759. The van der Waals surface area contributed by atoms with Gasteiger partial charge in [0.25, 0.3) is 5.91 Å². The zero-order chi connectivity index (χ0) is 19.5. The molecule has 1 aromatic rings. The Morgan fingerprint density at radius 3 is 2.46 bits per heavy atom. The molecule has 9 heteroatoms. The van der Waals surface area contributed by atoms with Crippen LogP contribution in [0, 0.1) is 11.8 Å². The standard InChI is InChI=1S/C17H23ClN2O5S/c1-11-6-12(2)9-20(8-11)16(21)10-25-17(22)14-7-13(4-5-15(14)18)26(23,24)19-3/h4-5,7,11-12,19H,6,8-10H2,1-3H3/t11-,12-/m0/s1. The van der Waals surface area contributed by atoms with E-state index in [0.717, 1.165) is 12.5 Å². The van der Waals surface area contributed by atoms with E-state index in [9.17, 15) is 18.0 Å². The Bertz CT molecular complexity index is 786. The van der Waals surface area contributed by atoms with Gasteiger partial charge in [-0.1, -0.05) is 25.4 Å². The van der Waals surface area contributed by atoms with Crippen LogP contribution in [0.15, 0.2) is 23.1 Å². The Kier molecular flexibility index (Phi) is 6.65. The number of halogens is 1. The molecule has 1 fully saturated rings. The van der Waals surface area contributed by atoms with Crippen LogP contribution in [0.5, 0.6) is 0 Å². The predicted molar refractivity (Wildman–Crippen MR) is 97.5 cm³/mol. The van der Waals surface area contributed by atoms with Crippen molar-refractivity contribution < 1.29 is 22.7 Å². The molecule has 7 nitrogen and oxygen atoms in total. The summed E-state index contributed by atoms with van der Waals surface area (Å²) in [6.45, 7) is 5.03. The summed E-state index contributed by atoms with van der Waals surface area (Å²) in [7, 11) is -2.46. The Balaban J connectivity index is 2.06. The van der Waals surface area contributed by atoms with Gasteiger partial charge in [-0.15, -0.1) is 0 Å². The number of carbonyl (C=O) groups excluding carboxylic acids is 2. The Hall–Kier alpha value is -1.64. The summed E-state index contributed by atoms with van der Waals surface area (Å²) in [5.74, 6) is -0.311. The highest BCUT2D eigenvalue weighted by Gasteiger charge is 2.26. The van der Waals surface area contributed by atoms with Crippen LogP contribution in [0.2, 0.25) is 5.02 Å². The van der Waals surface area contributed by atoms with Gasteiger partial charge >= 0.3 is 5.97 Å². The van der Waals surface area contributed by atoms with Crippen molar-refractivity contribution in [2.75, 3.05) is 26.7 Å². The van der Waals surface area contributed by atoms with Crippen LogP contribution < -0.4 is 4.72 Å². The predicted octanol–water partition coefficient (Wildman–Crippen LogP) is 1.91. The van der Waals surface area contributed by atoms with Crippen LogP contribution >= 0.6 is 11.6 Å². The molecule has 1 aliphatic rings. The maximum Gasteiger partial charge on any atom is 0.340 e. The largest absolute Gasteiger partial charge is 0.452 e. The van der Waals surface area contributed by atoms with Crippen molar-refractivity contribution in [3.63, 3.8) is 0 Å². The van der Waals surface area contributed by atoms with E-state index in [1.165, 1.54) is 19.2 Å². The van der Waals surface area contributed by atoms with Crippen LogP contribution in [0.4, 0.5) is 0 Å². The third-order valence-electron chi connectivity index (χ3n) is 4.29. The lowest BCUT2D eigenvalue weighted by molar-refractivity contribution is -0.137. The smallest absolute Gasteiger partial charge is 0.340 e. The number of sulfonamides is 1. The van der Waals surface area contributed by atoms with Gasteiger partial charge in [0.2, 0.25) is 10.0 Å². The first-order valence-corrected chi connectivity index (χ1v) is 10.2. The molecule has 2 atom stereocenters. The molecule has 1 aromatic carbocycles.